The fourth-order valence-electron chi connectivity index (χ4n) is 3.92. The van der Waals surface area contributed by atoms with E-state index in [9.17, 15) is 9.59 Å². The molecule has 128 valence electrons. The molecule has 2 amide bonds. The molecule has 0 spiro atoms. The van der Waals surface area contributed by atoms with E-state index in [0.717, 1.165) is 25.7 Å². The molecular weight excluding hydrogens is 318 g/mol. The molecule has 2 aliphatic carbocycles. The molecule has 0 aromatic carbocycles. The molecule has 0 radical (unpaired) electrons. The Morgan fingerprint density at radius 1 is 1.30 bits per heavy atom. The van der Waals surface area contributed by atoms with Crippen molar-refractivity contribution in [2.45, 2.75) is 44.7 Å². The van der Waals surface area contributed by atoms with Gasteiger partial charge in [0.25, 0.3) is 0 Å². The third-order valence-electron chi connectivity index (χ3n) is 5.00. The van der Waals surface area contributed by atoms with E-state index in [4.69, 9.17) is 11.5 Å². The molecule has 2 aliphatic rings. The zero-order valence-corrected chi connectivity index (χ0v) is 13.8. The number of primary amides is 1. The van der Waals surface area contributed by atoms with Crippen molar-refractivity contribution < 1.29 is 9.59 Å². The maximum absolute atomic E-state index is 12.5. The first-order valence-corrected chi connectivity index (χ1v) is 7.90. The summed E-state index contributed by atoms with van der Waals surface area (Å²) in [6.07, 6.45) is 8.42. The highest BCUT2D eigenvalue weighted by atomic mass is 35.5. The zero-order chi connectivity index (χ0) is 15.7. The molecule has 5 N–H and O–H groups in total. The van der Waals surface area contributed by atoms with Gasteiger partial charge in [-0.05, 0) is 37.5 Å². The fraction of sp³-hybridized carbons (Fsp3) is 0.667. The average molecular weight is 342 g/mol. The Balaban J connectivity index is 0.00000192. The van der Waals surface area contributed by atoms with Crippen LogP contribution in [0.2, 0.25) is 0 Å². The van der Waals surface area contributed by atoms with Crippen LogP contribution in [-0.2, 0) is 16.1 Å². The Hall–Kier alpha value is -1.60. The van der Waals surface area contributed by atoms with Gasteiger partial charge in [-0.3, -0.25) is 14.3 Å². The van der Waals surface area contributed by atoms with E-state index in [1.54, 1.807) is 6.20 Å². The SMILES string of the molecule is Cl.NC(=O)Cn1cc(NC(=O)C2CC3CCCC(C2)C3N)cn1. The number of nitrogens with zero attached hydrogens (tertiary/aromatic N) is 2. The van der Waals surface area contributed by atoms with Gasteiger partial charge in [-0.2, -0.15) is 5.10 Å². The molecule has 2 atom stereocenters. The molecule has 1 aromatic rings. The summed E-state index contributed by atoms with van der Waals surface area (Å²) < 4.78 is 1.42. The third kappa shape index (κ3) is 4.03. The van der Waals surface area contributed by atoms with E-state index in [0.29, 0.717) is 17.5 Å². The minimum absolute atomic E-state index is 0. The monoisotopic (exact) mass is 341 g/mol. The van der Waals surface area contributed by atoms with Gasteiger partial charge in [0.2, 0.25) is 11.8 Å². The molecule has 23 heavy (non-hydrogen) atoms. The largest absolute Gasteiger partial charge is 0.368 e. The first-order valence-electron chi connectivity index (χ1n) is 7.90. The second-order valence-electron chi connectivity index (χ2n) is 6.58. The quantitative estimate of drug-likeness (QED) is 0.753. The highest BCUT2D eigenvalue weighted by molar-refractivity contribution is 5.92. The number of anilines is 1. The van der Waals surface area contributed by atoms with Crippen LogP contribution in [0.4, 0.5) is 5.69 Å². The normalized spacial score (nSPS) is 29.4. The number of fused-ring (bicyclic) bond motifs is 2. The molecule has 0 saturated heterocycles. The number of halogens is 1. The predicted molar refractivity (Wildman–Crippen MR) is 88.8 cm³/mol. The predicted octanol–water partition coefficient (Wildman–Crippen LogP) is 0.882. The van der Waals surface area contributed by atoms with Gasteiger partial charge in [-0.1, -0.05) is 6.42 Å². The standard InChI is InChI=1S/C15H23N5O2.ClH/c16-13(21)8-20-7-12(6-18-20)19-15(22)11-4-9-2-1-3-10(5-11)14(9)17;/h6-7,9-11,14H,1-5,8,17H2,(H2,16,21)(H,19,22);1H. The average Bonchev–Trinajstić information content (AvgIpc) is 2.84. The lowest BCUT2D eigenvalue weighted by Gasteiger charge is -2.43. The molecule has 7 nitrogen and oxygen atoms in total. The third-order valence-corrected chi connectivity index (χ3v) is 5.00. The molecule has 1 heterocycles. The second kappa shape index (κ2) is 7.31. The van der Waals surface area contributed by atoms with Crippen molar-refractivity contribution in [2.24, 2.45) is 29.2 Å². The lowest BCUT2D eigenvalue weighted by atomic mass is 9.65. The topological polar surface area (TPSA) is 116 Å². The molecule has 2 unspecified atom stereocenters. The summed E-state index contributed by atoms with van der Waals surface area (Å²) in [6.45, 7) is 0.0122. The van der Waals surface area contributed by atoms with Crippen molar-refractivity contribution in [3.8, 4) is 0 Å². The molecule has 0 aliphatic heterocycles. The maximum Gasteiger partial charge on any atom is 0.239 e. The first-order chi connectivity index (χ1) is 10.5. The van der Waals surface area contributed by atoms with E-state index in [2.05, 4.69) is 10.4 Å². The molecule has 2 fully saturated rings. The van der Waals surface area contributed by atoms with Crippen LogP contribution in [-0.4, -0.2) is 27.6 Å². The summed E-state index contributed by atoms with van der Waals surface area (Å²) in [5.41, 5.74) is 12.0. The van der Waals surface area contributed by atoms with Gasteiger partial charge in [0.15, 0.2) is 0 Å². The van der Waals surface area contributed by atoms with Crippen molar-refractivity contribution >= 4 is 29.9 Å². The molecule has 2 bridgehead atoms. The van der Waals surface area contributed by atoms with Crippen LogP contribution in [0.3, 0.4) is 0 Å². The zero-order valence-electron chi connectivity index (χ0n) is 13.0. The number of hydrogen-bond acceptors (Lipinski definition) is 4. The van der Waals surface area contributed by atoms with Crippen LogP contribution in [0.5, 0.6) is 0 Å². The Morgan fingerprint density at radius 3 is 2.57 bits per heavy atom. The number of carbonyl (C=O) groups is 2. The van der Waals surface area contributed by atoms with Crippen LogP contribution in [0.25, 0.3) is 0 Å². The number of carbonyl (C=O) groups excluding carboxylic acids is 2. The maximum atomic E-state index is 12.5. The number of amides is 2. The van der Waals surface area contributed by atoms with Gasteiger partial charge >= 0.3 is 0 Å². The van der Waals surface area contributed by atoms with Gasteiger partial charge in [-0.25, -0.2) is 0 Å². The van der Waals surface area contributed by atoms with Crippen molar-refractivity contribution in [2.75, 3.05) is 5.32 Å². The Labute approximate surface area is 141 Å². The summed E-state index contributed by atoms with van der Waals surface area (Å²) in [4.78, 5) is 23.3. The van der Waals surface area contributed by atoms with Gasteiger partial charge in [-0.15, -0.1) is 12.4 Å². The molecule has 2 saturated carbocycles. The van der Waals surface area contributed by atoms with Crippen LogP contribution in [0, 0.1) is 17.8 Å². The Bertz CT molecular complexity index is 562. The van der Waals surface area contributed by atoms with Crippen LogP contribution in [0.15, 0.2) is 12.4 Å². The summed E-state index contributed by atoms with van der Waals surface area (Å²) in [5, 5.41) is 6.90. The van der Waals surface area contributed by atoms with Gasteiger partial charge in [0.1, 0.15) is 6.54 Å². The molecule has 3 rings (SSSR count). The van der Waals surface area contributed by atoms with E-state index in [-0.39, 0.29) is 36.8 Å². The number of aromatic nitrogens is 2. The molecule has 8 heteroatoms. The van der Waals surface area contributed by atoms with E-state index >= 15 is 0 Å². The fourth-order valence-corrected chi connectivity index (χ4v) is 3.92. The smallest absolute Gasteiger partial charge is 0.239 e. The summed E-state index contributed by atoms with van der Waals surface area (Å²) >= 11 is 0. The minimum atomic E-state index is -0.463. The van der Waals surface area contributed by atoms with Gasteiger partial charge in [0.05, 0.1) is 11.9 Å². The molecule has 1 aromatic heterocycles. The van der Waals surface area contributed by atoms with Crippen LogP contribution in [0.1, 0.15) is 32.1 Å². The van der Waals surface area contributed by atoms with E-state index < -0.39 is 5.91 Å². The minimum Gasteiger partial charge on any atom is -0.368 e. The van der Waals surface area contributed by atoms with Crippen LogP contribution < -0.4 is 16.8 Å². The summed E-state index contributed by atoms with van der Waals surface area (Å²) in [5.74, 6) is 0.536. The van der Waals surface area contributed by atoms with Crippen molar-refractivity contribution in [3.05, 3.63) is 12.4 Å². The van der Waals surface area contributed by atoms with E-state index in [1.807, 2.05) is 0 Å². The van der Waals surface area contributed by atoms with Crippen molar-refractivity contribution in [3.63, 3.8) is 0 Å². The summed E-state index contributed by atoms with van der Waals surface area (Å²) in [6, 6.07) is 0.260. The summed E-state index contributed by atoms with van der Waals surface area (Å²) in [7, 11) is 0. The first kappa shape index (κ1) is 17.7. The second-order valence-corrected chi connectivity index (χ2v) is 6.58. The van der Waals surface area contributed by atoms with Gasteiger partial charge < -0.3 is 16.8 Å². The number of hydrogen-bond donors (Lipinski definition) is 3. The van der Waals surface area contributed by atoms with Gasteiger partial charge in [0, 0.05) is 18.2 Å². The lowest BCUT2D eigenvalue weighted by Crippen LogP contribution is -2.48. The number of nitrogens with one attached hydrogen (secondary N) is 1. The Morgan fingerprint density at radius 2 is 1.96 bits per heavy atom. The van der Waals surface area contributed by atoms with Crippen molar-refractivity contribution in [1.29, 1.82) is 0 Å². The highest BCUT2D eigenvalue weighted by Gasteiger charge is 2.40. The van der Waals surface area contributed by atoms with E-state index in [1.165, 1.54) is 17.3 Å². The van der Waals surface area contributed by atoms with Crippen LogP contribution >= 0.6 is 12.4 Å². The lowest BCUT2D eigenvalue weighted by molar-refractivity contribution is -0.122. The number of rotatable bonds is 4. The number of nitrogens with two attached hydrogens (primary N) is 2. The van der Waals surface area contributed by atoms with Crippen molar-refractivity contribution in [1.82, 2.24) is 9.78 Å². The highest BCUT2D eigenvalue weighted by Crippen LogP contribution is 2.42. The Kier molecular flexibility index (Phi) is 5.64. The molecular formula is C15H24ClN5O2.